The average Bonchev–Trinajstić information content (AvgIpc) is 2.39. The predicted molar refractivity (Wildman–Crippen MR) is 62.8 cm³/mol. The Hall–Kier alpha value is -1.54. The largest absolute Gasteiger partial charge is 0.370 e. The summed E-state index contributed by atoms with van der Waals surface area (Å²) >= 11 is 0. The summed E-state index contributed by atoms with van der Waals surface area (Å²) in [4.78, 5) is 12.4. The highest BCUT2D eigenvalue weighted by Gasteiger charge is 2.28. The maximum Gasteiger partial charge on any atom is 0.341 e. The Morgan fingerprint density at radius 2 is 2.05 bits per heavy atom. The van der Waals surface area contributed by atoms with E-state index in [1.807, 2.05) is 0 Å². The van der Waals surface area contributed by atoms with Crippen LogP contribution in [0.15, 0.2) is 29.2 Å². The van der Waals surface area contributed by atoms with Gasteiger partial charge in [-0.3, -0.25) is 4.79 Å². The third kappa shape index (κ3) is 2.74. The van der Waals surface area contributed by atoms with E-state index >= 15 is 0 Å². The molecule has 5 nitrogen and oxygen atoms in total. The highest BCUT2D eigenvalue weighted by molar-refractivity contribution is 7.91. The van der Waals surface area contributed by atoms with Crippen molar-refractivity contribution in [3.05, 3.63) is 24.3 Å². The smallest absolute Gasteiger partial charge is 0.341 e. The highest BCUT2D eigenvalue weighted by atomic mass is 32.2. The van der Waals surface area contributed by atoms with Gasteiger partial charge in [0.05, 0.1) is 11.5 Å². The number of ether oxygens (including phenoxy) is 1. The van der Waals surface area contributed by atoms with Gasteiger partial charge in [0.1, 0.15) is 6.61 Å². The minimum absolute atomic E-state index is 0.105. The van der Waals surface area contributed by atoms with Crippen LogP contribution in [0.25, 0.3) is 0 Å². The summed E-state index contributed by atoms with van der Waals surface area (Å²) in [6, 6.07) is 4.97. The number of hydrogen-bond donors (Lipinski definition) is 0. The molecule has 0 aliphatic carbocycles. The quantitative estimate of drug-likeness (QED) is 0.835. The molecule has 1 aliphatic heterocycles. The monoisotopic (exact) mass is 291 g/mol. The molecule has 1 saturated heterocycles. The number of sulfone groups is 1. The van der Waals surface area contributed by atoms with Gasteiger partial charge >= 0.3 is 5.76 Å². The zero-order chi connectivity index (χ0) is 14.0. The molecule has 1 heterocycles. The van der Waals surface area contributed by atoms with Gasteiger partial charge in [0.2, 0.25) is 9.84 Å². The van der Waals surface area contributed by atoms with E-state index in [1.54, 1.807) is 0 Å². The zero-order valence-corrected chi connectivity index (χ0v) is 10.6. The van der Waals surface area contributed by atoms with Crippen molar-refractivity contribution in [3.63, 3.8) is 0 Å². The molecule has 1 aliphatic rings. The molecule has 0 aromatic heterocycles. The first-order chi connectivity index (χ1) is 8.93. The van der Waals surface area contributed by atoms with Gasteiger partial charge < -0.3 is 9.64 Å². The third-order valence-electron chi connectivity index (χ3n) is 2.68. The summed E-state index contributed by atoms with van der Waals surface area (Å²) in [7, 11) is -4.66. The first-order valence-corrected chi connectivity index (χ1v) is 6.98. The SMILES string of the molecule is O=C1COCCN1c1cccc(S(=O)(=O)C(F)F)c1. The summed E-state index contributed by atoms with van der Waals surface area (Å²) < 4.78 is 52.6. The Bertz CT molecular complexity index is 588. The maximum atomic E-state index is 12.5. The molecule has 0 radical (unpaired) electrons. The first-order valence-electron chi connectivity index (χ1n) is 5.43. The number of anilines is 1. The number of hydrogen-bond acceptors (Lipinski definition) is 4. The third-order valence-corrected chi connectivity index (χ3v) is 4.06. The van der Waals surface area contributed by atoms with Crippen LogP contribution in [0.3, 0.4) is 0 Å². The van der Waals surface area contributed by atoms with Crippen LogP contribution in [-0.2, 0) is 19.4 Å². The van der Waals surface area contributed by atoms with E-state index in [0.717, 1.165) is 12.1 Å². The van der Waals surface area contributed by atoms with Crippen molar-refractivity contribution < 1.29 is 26.7 Å². The summed E-state index contributed by atoms with van der Waals surface area (Å²) in [5.41, 5.74) is 0.273. The molecule has 0 saturated carbocycles. The molecule has 2 rings (SSSR count). The second kappa shape index (κ2) is 5.22. The summed E-state index contributed by atoms with van der Waals surface area (Å²) in [6.07, 6.45) is 0. The van der Waals surface area contributed by atoms with Crippen LogP contribution >= 0.6 is 0 Å². The molecule has 19 heavy (non-hydrogen) atoms. The van der Waals surface area contributed by atoms with E-state index in [0.29, 0.717) is 6.61 Å². The molecular formula is C11H11F2NO4S. The molecule has 1 aromatic rings. The van der Waals surface area contributed by atoms with Gasteiger partial charge in [-0.15, -0.1) is 0 Å². The lowest BCUT2D eigenvalue weighted by Gasteiger charge is -2.27. The summed E-state index contributed by atoms with van der Waals surface area (Å²) in [5, 5.41) is 0. The van der Waals surface area contributed by atoms with E-state index in [9.17, 15) is 22.0 Å². The zero-order valence-electron chi connectivity index (χ0n) is 9.75. The topological polar surface area (TPSA) is 63.7 Å². The number of rotatable bonds is 3. The number of morpholine rings is 1. The van der Waals surface area contributed by atoms with Crippen LogP contribution in [-0.4, -0.2) is 39.8 Å². The Labute approximate surface area is 108 Å². The van der Waals surface area contributed by atoms with Crippen molar-refractivity contribution in [2.45, 2.75) is 10.7 Å². The van der Waals surface area contributed by atoms with Crippen molar-refractivity contribution in [1.82, 2.24) is 0 Å². The molecular weight excluding hydrogens is 280 g/mol. The molecule has 0 atom stereocenters. The lowest BCUT2D eigenvalue weighted by Crippen LogP contribution is -2.41. The predicted octanol–water partition coefficient (Wildman–Crippen LogP) is 1.05. The molecule has 0 spiro atoms. The standard InChI is InChI=1S/C11H11F2NO4S/c12-11(13)19(16,17)9-3-1-2-8(6-9)14-4-5-18-7-10(14)15/h1-3,6,11H,4-5,7H2. The number of halogens is 2. The average molecular weight is 291 g/mol. The molecule has 8 heteroatoms. The lowest BCUT2D eigenvalue weighted by atomic mass is 10.2. The number of benzene rings is 1. The molecule has 1 fully saturated rings. The fourth-order valence-corrected chi connectivity index (χ4v) is 2.48. The van der Waals surface area contributed by atoms with E-state index in [-0.39, 0.29) is 24.7 Å². The highest BCUT2D eigenvalue weighted by Crippen LogP contribution is 2.24. The second-order valence-corrected chi connectivity index (χ2v) is 5.82. The van der Waals surface area contributed by atoms with E-state index in [1.165, 1.54) is 17.0 Å². The van der Waals surface area contributed by atoms with Gasteiger partial charge in [0.25, 0.3) is 5.91 Å². The number of carbonyl (C=O) groups is 1. The fourth-order valence-electron chi connectivity index (χ4n) is 1.72. The minimum atomic E-state index is -4.66. The van der Waals surface area contributed by atoms with Gasteiger partial charge in [-0.05, 0) is 18.2 Å². The fraction of sp³-hybridized carbons (Fsp3) is 0.364. The van der Waals surface area contributed by atoms with Crippen LogP contribution in [0.4, 0.5) is 14.5 Å². The van der Waals surface area contributed by atoms with Crippen molar-refractivity contribution >= 4 is 21.4 Å². The number of alkyl halides is 2. The Balaban J connectivity index is 2.37. The minimum Gasteiger partial charge on any atom is -0.370 e. The van der Waals surface area contributed by atoms with Gasteiger partial charge in [0.15, 0.2) is 0 Å². The van der Waals surface area contributed by atoms with E-state index in [4.69, 9.17) is 4.74 Å². The maximum absolute atomic E-state index is 12.5. The van der Waals surface area contributed by atoms with Gasteiger partial charge in [-0.25, -0.2) is 8.42 Å². The van der Waals surface area contributed by atoms with Crippen LogP contribution in [0.1, 0.15) is 0 Å². The van der Waals surface area contributed by atoms with Crippen molar-refractivity contribution in [2.24, 2.45) is 0 Å². The Morgan fingerprint density at radius 3 is 2.68 bits per heavy atom. The lowest BCUT2D eigenvalue weighted by molar-refractivity contribution is -0.125. The van der Waals surface area contributed by atoms with Gasteiger partial charge in [-0.2, -0.15) is 8.78 Å². The van der Waals surface area contributed by atoms with Crippen molar-refractivity contribution in [3.8, 4) is 0 Å². The summed E-state index contributed by atoms with van der Waals surface area (Å²) in [5.74, 6) is -3.82. The second-order valence-electron chi connectivity index (χ2n) is 3.90. The molecule has 104 valence electrons. The first kappa shape index (κ1) is 13.9. The summed E-state index contributed by atoms with van der Waals surface area (Å²) in [6.45, 7) is 0.473. The number of carbonyl (C=O) groups excluding carboxylic acids is 1. The van der Waals surface area contributed by atoms with Crippen LogP contribution in [0.5, 0.6) is 0 Å². The molecule has 1 amide bonds. The van der Waals surface area contributed by atoms with E-state index < -0.39 is 20.5 Å². The normalized spacial score (nSPS) is 17.0. The molecule has 0 unspecified atom stereocenters. The number of nitrogens with zero attached hydrogens (tertiary/aromatic N) is 1. The van der Waals surface area contributed by atoms with Crippen LogP contribution < -0.4 is 4.90 Å². The molecule has 0 N–H and O–H groups in total. The van der Waals surface area contributed by atoms with Crippen LogP contribution in [0.2, 0.25) is 0 Å². The molecule has 1 aromatic carbocycles. The van der Waals surface area contributed by atoms with Crippen molar-refractivity contribution in [2.75, 3.05) is 24.7 Å². The number of amides is 1. The van der Waals surface area contributed by atoms with Gasteiger partial charge in [0, 0.05) is 12.2 Å². The van der Waals surface area contributed by atoms with Crippen molar-refractivity contribution in [1.29, 1.82) is 0 Å². The molecule has 0 bridgehead atoms. The van der Waals surface area contributed by atoms with E-state index in [2.05, 4.69) is 0 Å². The van der Waals surface area contributed by atoms with Gasteiger partial charge in [-0.1, -0.05) is 6.07 Å². The Kier molecular flexibility index (Phi) is 3.81. The Morgan fingerprint density at radius 1 is 1.32 bits per heavy atom. The van der Waals surface area contributed by atoms with Crippen LogP contribution in [0, 0.1) is 0 Å².